The van der Waals surface area contributed by atoms with Crippen LogP contribution < -0.4 is 10.6 Å². The summed E-state index contributed by atoms with van der Waals surface area (Å²) in [5.74, 6) is -3.27. The summed E-state index contributed by atoms with van der Waals surface area (Å²) in [6.07, 6.45) is 0. The lowest BCUT2D eigenvalue weighted by Crippen LogP contribution is -2.42. The average Bonchev–Trinajstić information content (AvgIpc) is 2.77. The van der Waals surface area contributed by atoms with Gasteiger partial charge in [0.2, 0.25) is 5.91 Å². The molecular formula is C18H13Cl2F2N3O3. The first kappa shape index (κ1) is 20.0. The van der Waals surface area contributed by atoms with Gasteiger partial charge in [0.1, 0.15) is 23.7 Å². The smallest absolute Gasteiger partial charge is 0.324 e. The van der Waals surface area contributed by atoms with E-state index >= 15 is 0 Å². The lowest BCUT2D eigenvalue weighted by Gasteiger charge is -2.23. The van der Waals surface area contributed by atoms with Crippen LogP contribution in [0.25, 0.3) is 0 Å². The maximum atomic E-state index is 13.2. The third kappa shape index (κ3) is 3.79. The summed E-state index contributed by atoms with van der Waals surface area (Å²) in [6.45, 7) is 0.797. The molecule has 2 aromatic rings. The third-order valence-electron chi connectivity index (χ3n) is 4.19. The van der Waals surface area contributed by atoms with Crippen molar-refractivity contribution in [2.75, 3.05) is 11.9 Å². The van der Waals surface area contributed by atoms with Crippen molar-refractivity contribution in [2.45, 2.75) is 12.5 Å². The molecule has 146 valence electrons. The topological polar surface area (TPSA) is 78.5 Å². The van der Waals surface area contributed by atoms with Gasteiger partial charge >= 0.3 is 6.03 Å². The van der Waals surface area contributed by atoms with Crippen molar-refractivity contribution in [3.8, 4) is 0 Å². The second-order valence-electron chi connectivity index (χ2n) is 6.28. The Morgan fingerprint density at radius 1 is 1.14 bits per heavy atom. The van der Waals surface area contributed by atoms with E-state index in [1.54, 1.807) is 0 Å². The molecule has 1 aliphatic rings. The van der Waals surface area contributed by atoms with Gasteiger partial charge in [-0.05, 0) is 31.2 Å². The molecule has 2 N–H and O–H groups in total. The maximum Gasteiger partial charge on any atom is 0.325 e. The van der Waals surface area contributed by atoms with Crippen LogP contribution in [0.2, 0.25) is 10.0 Å². The average molecular weight is 428 g/mol. The first-order chi connectivity index (χ1) is 13.1. The number of urea groups is 1. The molecule has 0 saturated carbocycles. The molecule has 3 rings (SSSR count). The van der Waals surface area contributed by atoms with Gasteiger partial charge < -0.3 is 10.6 Å². The molecule has 1 aliphatic heterocycles. The Morgan fingerprint density at radius 2 is 1.79 bits per heavy atom. The molecule has 6 nitrogen and oxygen atoms in total. The van der Waals surface area contributed by atoms with Gasteiger partial charge in [-0.2, -0.15) is 0 Å². The maximum absolute atomic E-state index is 13.2. The molecule has 28 heavy (non-hydrogen) atoms. The molecule has 1 unspecified atom stereocenters. The number of nitrogens with zero attached hydrogens (tertiary/aromatic N) is 1. The van der Waals surface area contributed by atoms with Crippen molar-refractivity contribution >= 4 is 46.7 Å². The minimum absolute atomic E-state index is 0.141. The summed E-state index contributed by atoms with van der Waals surface area (Å²) in [5, 5.41) is 5.27. The van der Waals surface area contributed by atoms with Crippen molar-refractivity contribution < 1.29 is 23.2 Å². The molecule has 0 radical (unpaired) electrons. The molecule has 1 fully saturated rings. The van der Waals surface area contributed by atoms with Gasteiger partial charge in [0.05, 0.1) is 0 Å². The Hall–Kier alpha value is -2.71. The highest BCUT2D eigenvalue weighted by Crippen LogP contribution is 2.34. The van der Waals surface area contributed by atoms with Crippen LogP contribution in [0.15, 0.2) is 36.4 Å². The van der Waals surface area contributed by atoms with Crippen LogP contribution in [0.3, 0.4) is 0 Å². The molecule has 2 aromatic carbocycles. The van der Waals surface area contributed by atoms with E-state index < -0.39 is 41.6 Å². The number of hydrogen-bond acceptors (Lipinski definition) is 3. The zero-order valence-corrected chi connectivity index (χ0v) is 15.9. The summed E-state index contributed by atoms with van der Waals surface area (Å²) >= 11 is 12.0. The number of rotatable bonds is 4. The minimum atomic E-state index is -1.50. The Labute approximate surface area is 168 Å². The molecule has 0 spiro atoms. The summed E-state index contributed by atoms with van der Waals surface area (Å²) in [6, 6.07) is 6.10. The van der Waals surface area contributed by atoms with Gasteiger partial charge in [-0.15, -0.1) is 0 Å². The second kappa shape index (κ2) is 7.37. The molecule has 0 aliphatic carbocycles. The summed E-state index contributed by atoms with van der Waals surface area (Å²) in [5.41, 5.74) is -1.32. The van der Waals surface area contributed by atoms with Crippen LogP contribution in [0.1, 0.15) is 12.5 Å². The molecule has 0 aromatic heterocycles. The van der Waals surface area contributed by atoms with Crippen LogP contribution in [-0.2, 0) is 15.1 Å². The number of imide groups is 1. The molecule has 0 bridgehead atoms. The van der Waals surface area contributed by atoms with E-state index in [4.69, 9.17) is 23.2 Å². The fraction of sp³-hybridized carbons (Fsp3) is 0.167. The predicted molar refractivity (Wildman–Crippen MR) is 99.0 cm³/mol. The highest BCUT2D eigenvalue weighted by Gasteiger charge is 2.50. The molecule has 4 amide bonds. The quantitative estimate of drug-likeness (QED) is 0.730. The predicted octanol–water partition coefficient (Wildman–Crippen LogP) is 3.68. The standard InChI is InChI=1S/C18H13Cl2F2N3O3/c1-18(13-3-2-9(19)4-14(13)20)16(27)25(17(28)24-18)8-15(26)23-12-6-10(21)5-11(22)7-12/h2-7H,8H2,1H3,(H,23,26)(H,24,28). The number of benzene rings is 2. The van der Waals surface area contributed by atoms with Crippen molar-refractivity contribution in [1.82, 2.24) is 10.2 Å². The van der Waals surface area contributed by atoms with Gasteiger partial charge in [-0.3, -0.25) is 14.5 Å². The molecule has 1 heterocycles. The van der Waals surface area contributed by atoms with Gasteiger partial charge in [0.15, 0.2) is 0 Å². The summed E-state index contributed by atoms with van der Waals surface area (Å²) < 4.78 is 26.4. The van der Waals surface area contributed by atoms with E-state index in [1.165, 1.54) is 25.1 Å². The van der Waals surface area contributed by atoms with E-state index in [9.17, 15) is 23.2 Å². The van der Waals surface area contributed by atoms with Crippen LogP contribution in [0.4, 0.5) is 19.3 Å². The third-order valence-corrected chi connectivity index (χ3v) is 4.74. The molecule has 10 heteroatoms. The monoisotopic (exact) mass is 427 g/mol. The van der Waals surface area contributed by atoms with Gasteiger partial charge in [0, 0.05) is 27.4 Å². The number of hydrogen-bond donors (Lipinski definition) is 2. The van der Waals surface area contributed by atoms with E-state index in [2.05, 4.69) is 10.6 Å². The highest BCUT2D eigenvalue weighted by atomic mass is 35.5. The Balaban J connectivity index is 1.79. The van der Waals surface area contributed by atoms with Crippen LogP contribution >= 0.6 is 23.2 Å². The van der Waals surface area contributed by atoms with Crippen molar-refractivity contribution in [3.63, 3.8) is 0 Å². The zero-order chi connectivity index (χ0) is 20.6. The largest absolute Gasteiger partial charge is 0.325 e. The first-order valence-electron chi connectivity index (χ1n) is 7.96. The van der Waals surface area contributed by atoms with E-state index in [-0.39, 0.29) is 10.7 Å². The SMILES string of the molecule is CC1(c2ccc(Cl)cc2Cl)NC(=O)N(CC(=O)Nc2cc(F)cc(F)c2)C1=O. The van der Waals surface area contributed by atoms with Gasteiger partial charge in [0.25, 0.3) is 5.91 Å². The molecular weight excluding hydrogens is 415 g/mol. The number of nitrogens with one attached hydrogen (secondary N) is 2. The Kier molecular flexibility index (Phi) is 5.27. The number of amides is 4. The normalized spacial score (nSPS) is 19.0. The Bertz CT molecular complexity index is 982. The van der Waals surface area contributed by atoms with Crippen molar-refractivity contribution in [2.24, 2.45) is 0 Å². The van der Waals surface area contributed by atoms with Crippen LogP contribution in [0, 0.1) is 11.6 Å². The molecule has 1 saturated heterocycles. The number of anilines is 1. The number of carbonyl (C=O) groups excluding carboxylic acids is 3. The lowest BCUT2D eigenvalue weighted by atomic mass is 9.92. The van der Waals surface area contributed by atoms with E-state index in [0.717, 1.165) is 12.1 Å². The Morgan fingerprint density at radius 3 is 2.39 bits per heavy atom. The number of halogens is 4. The van der Waals surface area contributed by atoms with E-state index in [1.807, 2.05) is 0 Å². The van der Waals surface area contributed by atoms with Crippen LogP contribution in [0.5, 0.6) is 0 Å². The zero-order valence-electron chi connectivity index (χ0n) is 14.4. The highest BCUT2D eigenvalue weighted by molar-refractivity contribution is 6.35. The fourth-order valence-electron chi connectivity index (χ4n) is 2.89. The second-order valence-corrected chi connectivity index (χ2v) is 7.12. The van der Waals surface area contributed by atoms with Gasteiger partial charge in [-0.25, -0.2) is 13.6 Å². The fourth-order valence-corrected chi connectivity index (χ4v) is 3.49. The van der Waals surface area contributed by atoms with E-state index in [0.29, 0.717) is 21.6 Å². The van der Waals surface area contributed by atoms with Crippen molar-refractivity contribution in [3.05, 3.63) is 63.6 Å². The van der Waals surface area contributed by atoms with Crippen LogP contribution in [-0.4, -0.2) is 29.3 Å². The molecule has 1 atom stereocenters. The minimum Gasteiger partial charge on any atom is -0.324 e. The summed E-state index contributed by atoms with van der Waals surface area (Å²) in [7, 11) is 0. The lowest BCUT2D eigenvalue weighted by molar-refractivity contribution is -0.133. The van der Waals surface area contributed by atoms with Gasteiger partial charge in [-0.1, -0.05) is 29.3 Å². The van der Waals surface area contributed by atoms with Crippen molar-refractivity contribution in [1.29, 1.82) is 0 Å². The summed E-state index contributed by atoms with van der Waals surface area (Å²) in [4.78, 5) is 38.0. The number of carbonyl (C=O) groups is 3. The first-order valence-corrected chi connectivity index (χ1v) is 8.71.